The second kappa shape index (κ2) is 4.88. The molecule has 0 unspecified atom stereocenters. The normalized spacial score (nSPS) is 18.6. The molecule has 0 radical (unpaired) electrons. The van der Waals surface area contributed by atoms with E-state index in [1.807, 2.05) is 6.07 Å². The number of aryl methyl sites for hydroxylation is 2. The molecule has 0 atom stereocenters. The highest BCUT2D eigenvalue weighted by Gasteiger charge is 2.27. The molecular formula is C16H18ClN3. The molecule has 1 aliphatic carbocycles. The lowest BCUT2D eigenvalue weighted by Gasteiger charge is -2.25. The van der Waals surface area contributed by atoms with Crippen LogP contribution in [-0.2, 0) is 12.8 Å². The molecular weight excluding hydrogens is 270 g/mol. The molecule has 3 nitrogen and oxygen atoms in total. The summed E-state index contributed by atoms with van der Waals surface area (Å²) in [4.78, 5) is 0. The van der Waals surface area contributed by atoms with Crippen molar-refractivity contribution in [3.05, 3.63) is 40.4 Å². The largest absolute Gasteiger partial charge is 0.282 e. The fourth-order valence-corrected chi connectivity index (χ4v) is 3.79. The summed E-state index contributed by atoms with van der Waals surface area (Å²) in [6.45, 7) is 0. The van der Waals surface area contributed by atoms with Crippen LogP contribution in [0.1, 0.15) is 55.2 Å². The van der Waals surface area contributed by atoms with Crippen molar-refractivity contribution in [2.75, 3.05) is 0 Å². The van der Waals surface area contributed by atoms with Gasteiger partial charge in [-0.2, -0.15) is 0 Å². The second-order valence-electron chi connectivity index (χ2n) is 5.92. The van der Waals surface area contributed by atoms with Gasteiger partial charge < -0.3 is 0 Å². The van der Waals surface area contributed by atoms with Crippen LogP contribution >= 0.6 is 11.6 Å². The van der Waals surface area contributed by atoms with Crippen molar-refractivity contribution in [1.82, 2.24) is 14.8 Å². The fraction of sp³-hybridized carbons (Fsp3) is 0.500. The fourth-order valence-electron chi connectivity index (χ4n) is 3.60. The molecule has 2 aromatic rings. The summed E-state index contributed by atoms with van der Waals surface area (Å²) < 4.78 is 2.30. The van der Waals surface area contributed by atoms with E-state index in [0.29, 0.717) is 5.92 Å². The van der Waals surface area contributed by atoms with Gasteiger partial charge in [-0.15, -0.1) is 10.2 Å². The first-order chi connectivity index (χ1) is 9.83. The van der Waals surface area contributed by atoms with E-state index in [2.05, 4.69) is 26.9 Å². The van der Waals surface area contributed by atoms with Crippen LogP contribution in [0.3, 0.4) is 0 Å². The molecule has 1 aromatic carbocycles. The van der Waals surface area contributed by atoms with Crippen LogP contribution in [0, 0.1) is 0 Å². The van der Waals surface area contributed by atoms with Crippen LogP contribution in [0.4, 0.5) is 0 Å². The number of fused-ring (bicyclic) bond motifs is 3. The van der Waals surface area contributed by atoms with Gasteiger partial charge in [0, 0.05) is 17.4 Å². The Morgan fingerprint density at radius 3 is 2.75 bits per heavy atom. The quantitative estimate of drug-likeness (QED) is 0.792. The highest BCUT2D eigenvalue weighted by Crippen LogP contribution is 2.35. The van der Waals surface area contributed by atoms with Gasteiger partial charge in [-0.25, -0.2) is 0 Å². The minimum absolute atomic E-state index is 0.576. The van der Waals surface area contributed by atoms with Crippen molar-refractivity contribution in [1.29, 1.82) is 0 Å². The van der Waals surface area contributed by atoms with Gasteiger partial charge in [-0.05, 0) is 43.0 Å². The summed E-state index contributed by atoms with van der Waals surface area (Å²) in [5, 5.41) is 9.77. The molecule has 0 saturated heterocycles. The Bertz CT molecular complexity index is 641. The number of rotatable bonds is 1. The third kappa shape index (κ3) is 1.96. The average molecular weight is 288 g/mol. The number of nitrogens with zero attached hydrogens (tertiary/aromatic N) is 3. The molecule has 2 aliphatic rings. The van der Waals surface area contributed by atoms with Crippen molar-refractivity contribution in [2.24, 2.45) is 0 Å². The van der Waals surface area contributed by atoms with Crippen LogP contribution in [0.2, 0.25) is 5.02 Å². The zero-order chi connectivity index (χ0) is 13.5. The minimum Gasteiger partial charge on any atom is -0.282 e. The molecule has 1 saturated carbocycles. The van der Waals surface area contributed by atoms with Crippen LogP contribution in [0.15, 0.2) is 18.2 Å². The molecule has 1 aliphatic heterocycles. The van der Waals surface area contributed by atoms with Crippen molar-refractivity contribution in [3.63, 3.8) is 0 Å². The molecule has 1 fully saturated rings. The molecule has 104 valence electrons. The predicted octanol–water partition coefficient (Wildman–Crippen LogP) is 4.07. The van der Waals surface area contributed by atoms with Crippen molar-refractivity contribution < 1.29 is 0 Å². The van der Waals surface area contributed by atoms with E-state index in [9.17, 15) is 0 Å². The van der Waals surface area contributed by atoms with E-state index in [1.165, 1.54) is 49.2 Å². The molecule has 4 heteroatoms. The lowest BCUT2D eigenvalue weighted by Crippen LogP contribution is -2.17. The molecule has 20 heavy (non-hydrogen) atoms. The Morgan fingerprint density at radius 1 is 1.05 bits per heavy atom. The number of aromatic nitrogens is 3. The van der Waals surface area contributed by atoms with Crippen molar-refractivity contribution in [3.8, 4) is 5.69 Å². The number of hydrogen-bond donors (Lipinski definition) is 0. The zero-order valence-electron chi connectivity index (χ0n) is 11.5. The highest BCUT2D eigenvalue weighted by molar-refractivity contribution is 6.30. The van der Waals surface area contributed by atoms with Crippen molar-refractivity contribution >= 4 is 11.6 Å². The summed E-state index contributed by atoms with van der Waals surface area (Å²) in [7, 11) is 0. The Balaban J connectivity index is 1.82. The topological polar surface area (TPSA) is 30.7 Å². The van der Waals surface area contributed by atoms with E-state index in [0.717, 1.165) is 23.7 Å². The molecule has 0 spiro atoms. The zero-order valence-corrected chi connectivity index (χ0v) is 12.2. The van der Waals surface area contributed by atoms with Gasteiger partial charge in [-0.1, -0.05) is 30.9 Å². The minimum atomic E-state index is 0.576. The first-order valence-corrected chi connectivity index (χ1v) is 7.94. The Kier molecular flexibility index (Phi) is 3.03. The van der Waals surface area contributed by atoms with E-state index in [-0.39, 0.29) is 0 Å². The Hall–Kier alpha value is -1.35. The van der Waals surface area contributed by atoms with Gasteiger partial charge >= 0.3 is 0 Å². The van der Waals surface area contributed by atoms with Crippen LogP contribution in [0.5, 0.6) is 0 Å². The molecule has 4 rings (SSSR count). The third-order valence-corrected chi connectivity index (χ3v) is 4.86. The maximum Gasteiger partial charge on any atom is 0.140 e. The van der Waals surface area contributed by atoms with Gasteiger partial charge in [0.25, 0.3) is 0 Å². The van der Waals surface area contributed by atoms with Crippen LogP contribution in [-0.4, -0.2) is 14.8 Å². The maximum absolute atomic E-state index is 6.13. The first kappa shape index (κ1) is 12.4. The van der Waals surface area contributed by atoms with Gasteiger partial charge in [-0.3, -0.25) is 4.57 Å². The Morgan fingerprint density at radius 2 is 1.90 bits per heavy atom. The molecule has 1 aromatic heterocycles. The molecule has 0 N–H and O–H groups in total. The van der Waals surface area contributed by atoms with Gasteiger partial charge in [0.05, 0.1) is 5.69 Å². The average Bonchev–Trinajstić information content (AvgIpc) is 2.92. The van der Waals surface area contributed by atoms with Gasteiger partial charge in [0.2, 0.25) is 0 Å². The lowest BCUT2D eigenvalue weighted by molar-refractivity contribution is 0.423. The van der Waals surface area contributed by atoms with Crippen LogP contribution < -0.4 is 0 Å². The number of benzene rings is 1. The second-order valence-corrected chi connectivity index (χ2v) is 6.35. The smallest absolute Gasteiger partial charge is 0.140 e. The summed E-state index contributed by atoms with van der Waals surface area (Å²) in [5.74, 6) is 2.86. The summed E-state index contributed by atoms with van der Waals surface area (Å²) in [6.07, 6.45) is 8.48. The highest BCUT2D eigenvalue weighted by atomic mass is 35.5. The summed E-state index contributed by atoms with van der Waals surface area (Å²) in [5.41, 5.74) is 2.56. The number of halogens is 1. The monoisotopic (exact) mass is 287 g/mol. The third-order valence-electron chi connectivity index (χ3n) is 4.63. The molecule has 0 bridgehead atoms. The predicted molar refractivity (Wildman–Crippen MR) is 79.6 cm³/mol. The molecule has 0 amide bonds. The summed E-state index contributed by atoms with van der Waals surface area (Å²) >= 11 is 6.13. The first-order valence-electron chi connectivity index (χ1n) is 7.56. The van der Waals surface area contributed by atoms with Gasteiger partial charge in [0.15, 0.2) is 0 Å². The van der Waals surface area contributed by atoms with Crippen LogP contribution in [0.25, 0.3) is 5.69 Å². The summed E-state index contributed by atoms with van der Waals surface area (Å²) in [6, 6.07) is 6.18. The molecule has 2 heterocycles. The van der Waals surface area contributed by atoms with E-state index in [1.54, 1.807) is 0 Å². The van der Waals surface area contributed by atoms with Crippen molar-refractivity contribution in [2.45, 2.75) is 50.9 Å². The van der Waals surface area contributed by atoms with E-state index in [4.69, 9.17) is 11.6 Å². The standard InChI is InChI=1S/C16H18ClN3/c17-13-7-8-14-12(10-13)6-9-15-18-19-16(20(14)15)11-4-2-1-3-5-11/h7-8,10-11H,1-6,9H2. The SMILES string of the molecule is Clc1ccc2c(c1)CCc1nnc(C3CCCCC3)n1-2. The van der Waals surface area contributed by atoms with E-state index >= 15 is 0 Å². The van der Waals surface area contributed by atoms with Gasteiger partial charge in [0.1, 0.15) is 11.6 Å². The number of hydrogen-bond acceptors (Lipinski definition) is 2. The maximum atomic E-state index is 6.13. The van der Waals surface area contributed by atoms with E-state index < -0.39 is 0 Å². The lowest BCUT2D eigenvalue weighted by atomic mass is 9.88. The Labute approximate surface area is 124 Å².